The van der Waals surface area contributed by atoms with Gasteiger partial charge in [0, 0.05) is 36.9 Å². The largest absolute Gasteiger partial charge is 0.389 e. The molecule has 0 bridgehead atoms. The summed E-state index contributed by atoms with van der Waals surface area (Å²) in [5.41, 5.74) is 7.79. The summed E-state index contributed by atoms with van der Waals surface area (Å²) in [6.07, 6.45) is 0. The standard InChI is InChI=1S/C13H19N3S/c1-10-9-15(2)7-8-16(10)12-5-3-11(4-6-12)13(14)17/h3-6,10H,7-9H2,1-2H3,(H2,14,17). The molecule has 3 nitrogen and oxygen atoms in total. The van der Waals surface area contributed by atoms with Gasteiger partial charge in [0.1, 0.15) is 4.99 Å². The Kier molecular flexibility index (Phi) is 3.64. The molecule has 0 amide bonds. The van der Waals surface area contributed by atoms with Crippen molar-refractivity contribution >= 4 is 22.9 Å². The monoisotopic (exact) mass is 249 g/mol. The smallest absolute Gasteiger partial charge is 0.103 e. The van der Waals surface area contributed by atoms with Crippen LogP contribution in [0.5, 0.6) is 0 Å². The van der Waals surface area contributed by atoms with E-state index in [1.165, 1.54) is 5.69 Å². The van der Waals surface area contributed by atoms with Crippen molar-refractivity contribution < 1.29 is 0 Å². The third-order valence-electron chi connectivity index (χ3n) is 3.31. The predicted octanol–water partition coefficient (Wildman–Crippen LogP) is 1.46. The highest BCUT2D eigenvalue weighted by atomic mass is 32.1. The number of hydrogen-bond donors (Lipinski definition) is 1. The molecular formula is C13H19N3S. The number of likely N-dealkylation sites (N-methyl/N-ethyl adjacent to an activating group) is 1. The van der Waals surface area contributed by atoms with Gasteiger partial charge in [-0.25, -0.2) is 0 Å². The Hall–Kier alpha value is -1.13. The highest BCUT2D eigenvalue weighted by Crippen LogP contribution is 2.20. The first-order chi connectivity index (χ1) is 8.08. The molecule has 1 saturated heterocycles. The van der Waals surface area contributed by atoms with Crippen LogP contribution < -0.4 is 10.6 Å². The van der Waals surface area contributed by atoms with E-state index in [0.29, 0.717) is 11.0 Å². The second-order valence-electron chi connectivity index (χ2n) is 4.72. The lowest BCUT2D eigenvalue weighted by molar-refractivity contribution is 0.275. The summed E-state index contributed by atoms with van der Waals surface area (Å²) in [5.74, 6) is 0. The molecule has 1 fully saturated rings. The molecule has 0 radical (unpaired) electrons. The Morgan fingerprint density at radius 3 is 2.47 bits per heavy atom. The molecule has 17 heavy (non-hydrogen) atoms. The van der Waals surface area contributed by atoms with Crippen LogP contribution >= 0.6 is 12.2 Å². The van der Waals surface area contributed by atoms with E-state index >= 15 is 0 Å². The summed E-state index contributed by atoms with van der Waals surface area (Å²) < 4.78 is 0. The van der Waals surface area contributed by atoms with Crippen molar-refractivity contribution in [3.63, 3.8) is 0 Å². The van der Waals surface area contributed by atoms with Gasteiger partial charge >= 0.3 is 0 Å². The number of benzene rings is 1. The van der Waals surface area contributed by atoms with Crippen LogP contribution in [0.2, 0.25) is 0 Å². The maximum absolute atomic E-state index is 5.60. The summed E-state index contributed by atoms with van der Waals surface area (Å²) in [7, 11) is 2.17. The quantitative estimate of drug-likeness (QED) is 0.804. The number of anilines is 1. The molecule has 1 unspecified atom stereocenters. The molecule has 1 heterocycles. The predicted molar refractivity (Wildman–Crippen MR) is 76.6 cm³/mol. The van der Waals surface area contributed by atoms with E-state index in [9.17, 15) is 0 Å². The van der Waals surface area contributed by atoms with Crippen LogP contribution in [0.3, 0.4) is 0 Å². The maximum Gasteiger partial charge on any atom is 0.103 e. The van der Waals surface area contributed by atoms with Crippen molar-refractivity contribution in [1.29, 1.82) is 0 Å². The molecular weight excluding hydrogens is 230 g/mol. The van der Waals surface area contributed by atoms with Gasteiger partial charge in [0.25, 0.3) is 0 Å². The minimum Gasteiger partial charge on any atom is -0.389 e. The van der Waals surface area contributed by atoms with E-state index in [0.717, 1.165) is 25.2 Å². The number of rotatable bonds is 2. The molecule has 1 atom stereocenters. The summed E-state index contributed by atoms with van der Waals surface area (Å²) in [5, 5.41) is 0. The van der Waals surface area contributed by atoms with E-state index in [1.807, 2.05) is 12.1 Å². The van der Waals surface area contributed by atoms with E-state index in [1.54, 1.807) is 0 Å². The van der Waals surface area contributed by atoms with Crippen molar-refractivity contribution in [2.75, 3.05) is 31.6 Å². The maximum atomic E-state index is 5.60. The third kappa shape index (κ3) is 2.76. The van der Waals surface area contributed by atoms with Gasteiger partial charge in [-0.1, -0.05) is 12.2 Å². The van der Waals surface area contributed by atoms with Crippen LogP contribution in [0.1, 0.15) is 12.5 Å². The van der Waals surface area contributed by atoms with Gasteiger partial charge < -0.3 is 15.5 Å². The van der Waals surface area contributed by atoms with E-state index < -0.39 is 0 Å². The second kappa shape index (κ2) is 5.02. The first-order valence-corrected chi connectivity index (χ1v) is 6.34. The fourth-order valence-electron chi connectivity index (χ4n) is 2.34. The van der Waals surface area contributed by atoms with Gasteiger partial charge in [-0.05, 0) is 38.2 Å². The molecule has 0 aliphatic carbocycles. The number of thiocarbonyl (C=S) groups is 1. The molecule has 1 aromatic rings. The zero-order valence-electron chi connectivity index (χ0n) is 10.4. The first-order valence-electron chi connectivity index (χ1n) is 5.93. The summed E-state index contributed by atoms with van der Waals surface area (Å²) in [4.78, 5) is 5.26. The van der Waals surface area contributed by atoms with Crippen LogP contribution in [-0.2, 0) is 0 Å². The average molecular weight is 249 g/mol. The Morgan fingerprint density at radius 1 is 1.29 bits per heavy atom. The van der Waals surface area contributed by atoms with Crippen molar-refractivity contribution in [3.8, 4) is 0 Å². The lowest BCUT2D eigenvalue weighted by Crippen LogP contribution is -2.50. The molecule has 1 aromatic carbocycles. The zero-order valence-corrected chi connectivity index (χ0v) is 11.2. The molecule has 92 valence electrons. The Morgan fingerprint density at radius 2 is 1.94 bits per heavy atom. The molecule has 2 rings (SSSR count). The fraction of sp³-hybridized carbons (Fsp3) is 0.462. The average Bonchev–Trinajstić information content (AvgIpc) is 2.29. The molecule has 0 saturated carbocycles. The van der Waals surface area contributed by atoms with Gasteiger partial charge in [-0.15, -0.1) is 0 Å². The fourth-order valence-corrected chi connectivity index (χ4v) is 2.48. The van der Waals surface area contributed by atoms with E-state index in [4.69, 9.17) is 18.0 Å². The molecule has 0 aromatic heterocycles. The Labute approximate surface area is 108 Å². The van der Waals surface area contributed by atoms with E-state index in [2.05, 4.69) is 35.9 Å². The van der Waals surface area contributed by atoms with Gasteiger partial charge in [-0.3, -0.25) is 0 Å². The summed E-state index contributed by atoms with van der Waals surface area (Å²) >= 11 is 4.96. The zero-order chi connectivity index (χ0) is 12.4. The number of nitrogens with zero attached hydrogens (tertiary/aromatic N) is 2. The highest BCUT2D eigenvalue weighted by Gasteiger charge is 2.21. The van der Waals surface area contributed by atoms with Crippen molar-refractivity contribution in [2.24, 2.45) is 5.73 Å². The third-order valence-corrected chi connectivity index (χ3v) is 3.55. The Balaban J connectivity index is 2.14. The van der Waals surface area contributed by atoms with Gasteiger partial charge in [0.2, 0.25) is 0 Å². The summed E-state index contributed by atoms with van der Waals surface area (Å²) in [6, 6.07) is 8.77. The van der Waals surface area contributed by atoms with Crippen molar-refractivity contribution in [1.82, 2.24) is 4.90 Å². The molecule has 2 N–H and O–H groups in total. The number of hydrogen-bond acceptors (Lipinski definition) is 3. The normalized spacial score (nSPS) is 21.5. The number of nitrogens with two attached hydrogens (primary N) is 1. The first kappa shape index (κ1) is 12.3. The number of piperazine rings is 1. The lowest BCUT2D eigenvalue weighted by Gasteiger charge is -2.39. The molecule has 1 aliphatic rings. The van der Waals surface area contributed by atoms with Crippen molar-refractivity contribution in [2.45, 2.75) is 13.0 Å². The van der Waals surface area contributed by atoms with Gasteiger partial charge in [0.15, 0.2) is 0 Å². The van der Waals surface area contributed by atoms with Gasteiger partial charge in [-0.2, -0.15) is 0 Å². The minimum absolute atomic E-state index is 0.461. The molecule has 4 heteroatoms. The van der Waals surface area contributed by atoms with Gasteiger partial charge in [0.05, 0.1) is 0 Å². The van der Waals surface area contributed by atoms with Crippen LogP contribution in [0.4, 0.5) is 5.69 Å². The van der Waals surface area contributed by atoms with Crippen LogP contribution in [0.25, 0.3) is 0 Å². The minimum atomic E-state index is 0.461. The van der Waals surface area contributed by atoms with Crippen LogP contribution in [-0.4, -0.2) is 42.6 Å². The van der Waals surface area contributed by atoms with Crippen molar-refractivity contribution in [3.05, 3.63) is 29.8 Å². The summed E-state index contributed by atoms with van der Waals surface area (Å²) in [6.45, 7) is 5.56. The Bertz CT molecular complexity index is 402. The van der Waals surface area contributed by atoms with E-state index in [-0.39, 0.29) is 0 Å². The topological polar surface area (TPSA) is 32.5 Å². The SMILES string of the molecule is CC1CN(C)CCN1c1ccc(C(N)=S)cc1. The van der Waals surface area contributed by atoms with Crippen LogP contribution in [0, 0.1) is 0 Å². The van der Waals surface area contributed by atoms with Crippen LogP contribution in [0.15, 0.2) is 24.3 Å². The second-order valence-corrected chi connectivity index (χ2v) is 5.16. The lowest BCUT2D eigenvalue weighted by atomic mass is 10.1. The highest BCUT2D eigenvalue weighted by molar-refractivity contribution is 7.80. The molecule has 0 spiro atoms. The molecule has 1 aliphatic heterocycles.